The summed E-state index contributed by atoms with van der Waals surface area (Å²) < 4.78 is 1.22. The molecule has 0 unspecified atom stereocenters. The van der Waals surface area contributed by atoms with Crippen molar-refractivity contribution in [3.8, 4) is 0 Å². The lowest BCUT2D eigenvalue weighted by Crippen LogP contribution is -2.63. The number of hydrogen-bond acceptors (Lipinski definition) is 6. The SMILES string of the molecule is c1nc(N2CC(N3CCNCC3)C2)c2sccc2n1. The minimum Gasteiger partial charge on any atom is -0.352 e. The maximum atomic E-state index is 4.48. The summed E-state index contributed by atoms with van der Waals surface area (Å²) in [5.74, 6) is 1.12. The Morgan fingerprint density at radius 1 is 1.21 bits per heavy atom. The lowest BCUT2D eigenvalue weighted by molar-refractivity contribution is 0.147. The number of rotatable bonds is 2. The smallest absolute Gasteiger partial charge is 0.150 e. The highest BCUT2D eigenvalue weighted by molar-refractivity contribution is 7.17. The zero-order chi connectivity index (χ0) is 12.7. The summed E-state index contributed by atoms with van der Waals surface area (Å²) in [6.45, 7) is 6.81. The molecule has 100 valence electrons. The fraction of sp³-hybridized carbons (Fsp3) is 0.538. The fourth-order valence-corrected chi connectivity index (χ4v) is 3.77. The van der Waals surface area contributed by atoms with E-state index in [0.717, 1.165) is 37.5 Å². The lowest BCUT2D eigenvalue weighted by atomic mass is 10.1. The molecule has 0 radical (unpaired) electrons. The Balaban J connectivity index is 1.49. The van der Waals surface area contributed by atoms with Gasteiger partial charge in [0, 0.05) is 45.3 Å². The van der Waals surface area contributed by atoms with Crippen LogP contribution < -0.4 is 10.2 Å². The van der Waals surface area contributed by atoms with Crippen LogP contribution in [0.1, 0.15) is 0 Å². The Morgan fingerprint density at radius 3 is 2.89 bits per heavy atom. The largest absolute Gasteiger partial charge is 0.352 e. The van der Waals surface area contributed by atoms with E-state index in [2.05, 4.69) is 36.5 Å². The van der Waals surface area contributed by atoms with Gasteiger partial charge in [-0.1, -0.05) is 0 Å². The van der Waals surface area contributed by atoms with Gasteiger partial charge in [-0.15, -0.1) is 11.3 Å². The molecule has 6 heteroatoms. The first-order valence-corrected chi connectivity index (χ1v) is 7.68. The van der Waals surface area contributed by atoms with Crippen LogP contribution in [0.2, 0.25) is 0 Å². The first-order valence-electron chi connectivity index (χ1n) is 6.80. The average molecular weight is 275 g/mol. The second-order valence-corrected chi connectivity index (χ2v) is 6.09. The summed E-state index contributed by atoms with van der Waals surface area (Å²) in [5.41, 5.74) is 1.07. The molecule has 0 saturated carbocycles. The van der Waals surface area contributed by atoms with Crippen LogP contribution >= 0.6 is 11.3 Å². The molecule has 2 aliphatic rings. The molecule has 4 heterocycles. The van der Waals surface area contributed by atoms with E-state index < -0.39 is 0 Å². The van der Waals surface area contributed by atoms with Crippen LogP contribution in [0.4, 0.5) is 5.82 Å². The molecular formula is C13H17N5S. The summed E-state index contributed by atoms with van der Waals surface area (Å²) in [4.78, 5) is 13.8. The minimum atomic E-state index is 0.701. The Bertz CT molecular complexity index is 571. The predicted molar refractivity (Wildman–Crippen MR) is 77.9 cm³/mol. The summed E-state index contributed by atoms with van der Waals surface area (Å²) in [6.07, 6.45) is 1.68. The van der Waals surface area contributed by atoms with E-state index in [0.29, 0.717) is 6.04 Å². The molecule has 0 spiro atoms. The maximum Gasteiger partial charge on any atom is 0.150 e. The summed E-state index contributed by atoms with van der Waals surface area (Å²) in [6, 6.07) is 2.77. The van der Waals surface area contributed by atoms with Crippen molar-refractivity contribution in [1.82, 2.24) is 20.2 Å². The Kier molecular flexibility index (Phi) is 2.86. The molecule has 0 amide bonds. The second-order valence-electron chi connectivity index (χ2n) is 5.18. The molecule has 19 heavy (non-hydrogen) atoms. The van der Waals surface area contributed by atoms with Gasteiger partial charge in [-0.2, -0.15) is 0 Å². The van der Waals surface area contributed by atoms with Crippen LogP contribution in [0, 0.1) is 0 Å². The number of fused-ring (bicyclic) bond motifs is 1. The van der Waals surface area contributed by atoms with Gasteiger partial charge in [-0.3, -0.25) is 4.90 Å². The molecule has 0 bridgehead atoms. The molecular weight excluding hydrogens is 258 g/mol. The van der Waals surface area contributed by atoms with Crippen LogP contribution in [0.3, 0.4) is 0 Å². The van der Waals surface area contributed by atoms with Crippen molar-refractivity contribution >= 4 is 27.4 Å². The number of nitrogens with one attached hydrogen (secondary N) is 1. The van der Waals surface area contributed by atoms with Crippen molar-refractivity contribution in [2.45, 2.75) is 6.04 Å². The number of aromatic nitrogens is 2. The molecule has 2 aliphatic heterocycles. The van der Waals surface area contributed by atoms with Crippen LogP contribution in [-0.2, 0) is 0 Å². The number of thiophene rings is 1. The Hall–Kier alpha value is -1.24. The fourth-order valence-electron chi connectivity index (χ4n) is 2.91. The molecule has 0 aromatic carbocycles. The Morgan fingerprint density at radius 2 is 2.05 bits per heavy atom. The van der Waals surface area contributed by atoms with Crippen molar-refractivity contribution in [3.05, 3.63) is 17.8 Å². The second kappa shape index (κ2) is 4.70. The van der Waals surface area contributed by atoms with Gasteiger partial charge in [0.1, 0.15) is 12.1 Å². The standard InChI is InChI=1S/C13H17N5S/c1-6-19-12-11(1)15-9-16-13(12)18-7-10(8-18)17-4-2-14-3-5-17/h1,6,9-10,14H,2-5,7-8H2. The maximum absolute atomic E-state index is 4.48. The minimum absolute atomic E-state index is 0.701. The van der Waals surface area contributed by atoms with Gasteiger partial charge in [-0.25, -0.2) is 9.97 Å². The molecule has 0 aliphatic carbocycles. The van der Waals surface area contributed by atoms with E-state index in [-0.39, 0.29) is 0 Å². The van der Waals surface area contributed by atoms with Crippen molar-refractivity contribution < 1.29 is 0 Å². The molecule has 4 rings (SSSR count). The third kappa shape index (κ3) is 2.00. The molecule has 5 nitrogen and oxygen atoms in total. The van der Waals surface area contributed by atoms with Crippen molar-refractivity contribution in [1.29, 1.82) is 0 Å². The molecule has 2 fully saturated rings. The number of hydrogen-bond donors (Lipinski definition) is 1. The number of piperazine rings is 1. The van der Waals surface area contributed by atoms with E-state index >= 15 is 0 Å². The zero-order valence-electron chi connectivity index (χ0n) is 10.7. The summed E-state index contributed by atoms with van der Waals surface area (Å²) in [5, 5.41) is 5.50. The van der Waals surface area contributed by atoms with E-state index in [1.807, 2.05) is 0 Å². The van der Waals surface area contributed by atoms with Crippen molar-refractivity contribution in [3.63, 3.8) is 0 Å². The summed E-state index contributed by atoms with van der Waals surface area (Å²) >= 11 is 1.74. The van der Waals surface area contributed by atoms with Gasteiger partial charge in [0.2, 0.25) is 0 Å². The van der Waals surface area contributed by atoms with E-state index in [4.69, 9.17) is 0 Å². The van der Waals surface area contributed by atoms with Gasteiger partial charge < -0.3 is 10.2 Å². The monoisotopic (exact) mass is 275 g/mol. The van der Waals surface area contributed by atoms with Gasteiger partial charge in [0.15, 0.2) is 0 Å². The van der Waals surface area contributed by atoms with Gasteiger partial charge in [0.25, 0.3) is 0 Å². The molecule has 2 saturated heterocycles. The van der Waals surface area contributed by atoms with E-state index in [1.165, 1.54) is 17.8 Å². The number of nitrogens with zero attached hydrogens (tertiary/aromatic N) is 4. The van der Waals surface area contributed by atoms with Crippen LogP contribution in [0.15, 0.2) is 17.8 Å². The number of anilines is 1. The topological polar surface area (TPSA) is 44.3 Å². The Labute approximate surface area is 116 Å². The average Bonchev–Trinajstić information content (AvgIpc) is 2.87. The van der Waals surface area contributed by atoms with Gasteiger partial charge in [0.05, 0.1) is 10.2 Å². The first kappa shape index (κ1) is 11.6. The van der Waals surface area contributed by atoms with Crippen LogP contribution in [0.5, 0.6) is 0 Å². The molecule has 2 aromatic rings. The predicted octanol–water partition coefficient (Wildman–Crippen LogP) is 0.785. The molecule has 1 N–H and O–H groups in total. The zero-order valence-corrected chi connectivity index (χ0v) is 11.6. The highest BCUT2D eigenvalue weighted by Gasteiger charge is 2.33. The highest BCUT2D eigenvalue weighted by Crippen LogP contribution is 2.31. The lowest BCUT2D eigenvalue weighted by Gasteiger charge is -2.47. The van der Waals surface area contributed by atoms with Crippen LogP contribution in [-0.4, -0.2) is 60.2 Å². The summed E-state index contributed by atoms with van der Waals surface area (Å²) in [7, 11) is 0. The first-order chi connectivity index (χ1) is 9.42. The normalized spacial score (nSPS) is 21.8. The molecule has 2 aromatic heterocycles. The van der Waals surface area contributed by atoms with E-state index in [1.54, 1.807) is 17.7 Å². The van der Waals surface area contributed by atoms with Crippen molar-refractivity contribution in [2.75, 3.05) is 44.2 Å². The van der Waals surface area contributed by atoms with Crippen LogP contribution in [0.25, 0.3) is 10.2 Å². The third-order valence-electron chi connectivity index (χ3n) is 4.05. The highest BCUT2D eigenvalue weighted by atomic mass is 32.1. The van der Waals surface area contributed by atoms with Crippen molar-refractivity contribution in [2.24, 2.45) is 0 Å². The van der Waals surface area contributed by atoms with Gasteiger partial charge >= 0.3 is 0 Å². The quantitative estimate of drug-likeness (QED) is 0.878. The third-order valence-corrected chi connectivity index (χ3v) is 4.95. The van der Waals surface area contributed by atoms with Gasteiger partial charge in [-0.05, 0) is 11.4 Å². The van der Waals surface area contributed by atoms with E-state index in [9.17, 15) is 0 Å². The molecule has 0 atom stereocenters.